The highest BCUT2D eigenvalue weighted by Crippen LogP contribution is 2.31. The van der Waals surface area contributed by atoms with Gasteiger partial charge in [-0.1, -0.05) is 36.8 Å². The van der Waals surface area contributed by atoms with Crippen LogP contribution in [-0.2, 0) is 10.0 Å². The van der Waals surface area contributed by atoms with Gasteiger partial charge in [-0.2, -0.15) is 4.31 Å². The number of hydrogen-bond donors (Lipinski definition) is 1. The maximum atomic E-state index is 12.8. The van der Waals surface area contributed by atoms with Crippen LogP contribution in [0.1, 0.15) is 24.8 Å². The fourth-order valence-corrected chi connectivity index (χ4v) is 4.80. The SMILES string of the molecule is O=S(=O)(c1ccc(O)c(N=C/C(Br)=C/c2ccccc2)c1)N1CCCCC1. The van der Waals surface area contributed by atoms with E-state index < -0.39 is 10.0 Å². The minimum Gasteiger partial charge on any atom is -0.506 e. The molecule has 1 aliphatic rings. The molecule has 0 unspecified atom stereocenters. The average Bonchev–Trinajstić information content (AvgIpc) is 2.68. The number of rotatable bonds is 5. The van der Waals surface area contributed by atoms with Gasteiger partial charge in [0.05, 0.1) is 4.90 Å². The fourth-order valence-electron chi connectivity index (χ4n) is 2.90. The Morgan fingerprint density at radius 3 is 2.48 bits per heavy atom. The van der Waals surface area contributed by atoms with Crippen LogP contribution in [0.25, 0.3) is 6.08 Å². The van der Waals surface area contributed by atoms with Gasteiger partial charge in [0.1, 0.15) is 11.4 Å². The molecule has 27 heavy (non-hydrogen) atoms. The number of aromatic hydroxyl groups is 1. The first-order valence-corrected chi connectivity index (χ1v) is 11.0. The largest absolute Gasteiger partial charge is 0.506 e. The summed E-state index contributed by atoms with van der Waals surface area (Å²) in [6.45, 7) is 1.07. The van der Waals surface area contributed by atoms with Crippen molar-refractivity contribution in [3.63, 3.8) is 0 Å². The quantitative estimate of drug-likeness (QED) is 0.673. The van der Waals surface area contributed by atoms with E-state index in [1.165, 1.54) is 22.5 Å². The summed E-state index contributed by atoms with van der Waals surface area (Å²) in [5.74, 6) is -0.0659. The van der Waals surface area contributed by atoms with E-state index >= 15 is 0 Å². The lowest BCUT2D eigenvalue weighted by atomic mass is 10.2. The first-order chi connectivity index (χ1) is 13.0. The molecule has 0 aromatic heterocycles. The molecule has 2 aromatic carbocycles. The Hall–Kier alpha value is -1.96. The lowest BCUT2D eigenvalue weighted by Crippen LogP contribution is -2.35. The second-order valence-electron chi connectivity index (χ2n) is 6.31. The van der Waals surface area contributed by atoms with E-state index in [-0.39, 0.29) is 16.3 Å². The molecule has 0 atom stereocenters. The highest BCUT2D eigenvalue weighted by atomic mass is 79.9. The Bertz CT molecular complexity index is 950. The summed E-state index contributed by atoms with van der Waals surface area (Å²) in [5.41, 5.74) is 1.22. The van der Waals surface area contributed by atoms with E-state index in [0.29, 0.717) is 17.6 Å². The van der Waals surface area contributed by atoms with Crippen LogP contribution in [-0.4, -0.2) is 37.1 Å². The third-order valence-electron chi connectivity index (χ3n) is 4.33. The van der Waals surface area contributed by atoms with Crippen LogP contribution in [0, 0.1) is 0 Å². The molecule has 0 aliphatic carbocycles. The minimum absolute atomic E-state index is 0.0659. The van der Waals surface area contributed by atoms with E-state index in [1.54, 1.807) is 6.21 Å². The third-order valence-corrected chi connectivity index (χ3v) is 6.66. The summed E-state index contributed by atoms with van der Waals surface area (Å²) >= 11 is 3.42. The standard InChI is InChI=1S/C20H21BrN2O3S/c21-17(13-16-7-3-1-4-8-16)15-22-19-14-18(9-10-20(19)24)27(25,26)23-11-5-2-6-12-23/h1,3-4,7-10,13-15,24H,2,5-6,11-12H2/b17-13-,22-15?. The van der Waals surface area contributed by atoms with Crippen LogP contribution < -0.4 is 0 Å². The van der Waals surface area contributed by atoms with Crippen molar-refractivity contribution in [2.75, 3.05) is 13.1 Å². The maximum Gasteiger partial charge on any atom is 0.243 e. The molecular formula is C20H21BrN2O3S. The van der Waals surface area contributed by atoms with Gasteiger partial charge in [-0.05, 0) is 58.6 Å². The molecule has 7 heteroatoms. The van der Waals surface area contributed by atoms with Gasteiger partial charge in [0.15, 0.2) is 0 Å². The van der Waals surface area contributed by atoms with Crippen molar-refractivity contribution in [3.05, 3.63) is 58.6 Å². The zero-order valence-corrected chi connectivity index (χ0v) is 17.2. The van der Waals surface area contributed by atoms with Gasteiger partial charge in [-0.3, -0.25) is 4.99 Å². The number of benzene rings is 2. The molecule has 2 aromatic rings. The normalized spacial score (nSPS) is 16.7. The Balaban J connectivity index is 1.84. The Morgan fingerprint density at radius 2 is 1.78 bits per heavy atom. The highest BCUT2D eigenvalue weighted by Gasteiger charge is 2.26. The first-order valence-electron chi connectivity index (χ1n) is 8.76. The van der Waals surface area contributed by atoms with Crippen molar-refractivity contribution in [1.82, 2.24) is 4.31 Å². The molecular weight excluding hydrogens is 428 g/mol. The van der Waals surface area contributed by atoms with E-state index in [4.69, 9.17) is 0 Å². The van der Waals surface area contributed by atoms with E-state index in [2.05, 4.69) is 20.9 Å². The van der Waals surface area contributed by atoms with Crippen molar-refractivity contribution < 1.29 is 13.5 Å². The smallest absolute Gasteiger partial charge is 0.243 e. The molecule has 1 aliphatic heterocycles. The monoisotopic (exact) mass is 448 g/mol. The van der Waals surface area contributed by atoms with Gasteiger partial charge in [0, 0.05) is 23.8 Å². The van der Waals surface area contributed by atoms with E-state index in [9.17, 15) is 13.5 Å². The Kier molecular flexibility index (Phi) is 6.46. The molecule has 0 spiro atoms. The maximum absolute atomic E-state index is 12.8. The van der Waals surface area contributed by atoms with E-state index in [0.717, 1.165) is 24.8 Å². The van der Waals surface area contributed by atoms with Crippen molar-refractivity contribution in [2.45, 2.75) is 24.2 Å². The zero-order valence-electron chi connectivity index (χ0n) is 14.8. The van der Waals surface area contributed by atoms with Gasteiger partial charge < -0.3 is 5.11 Å². The molecule has 5 nitrogen and oxygen atoms in total. The lowest BCUT2D eigenvalue weighted by Gasteiger charge is -2.25. The number of phenolic OH excluding ortho intramolecular Hbond substituents is 1. The van der Waals surface area contributed by atoms with Crippen LogP contribution in [0.5, 0.6) is 5.75 Å². The van der Waals surface area contributed by atoms with Crippen LogP contribution in [0.3, 0.4) is 0 Å². The summed E-state index contributed by atoms with van der Waals surface area (Å²) in [4.78, 5) is 4.40. The van der Waals surface area contributed by atoms with Crippen LogP contribution >= 0.6 is 15.9 Å². The van der Waals surface area contributed by atoms with Gasteiger partial charge >= 0.3 is 0 Å². The average molecular weight is 449 g/mol. The molecule has 3 rings (SSSR count). The molecule has 1 saturated heterocycles. The predicted molar refractivity (Wildman–Crippen MR) is 112 cm³/mol. The number of aliphatic imine (C=N–C) groups is 1. The molecule has 0 amide bonds. The summed E-state index contributed by atoms with van der Waals surface area (Å²) in [6.07, 6.45) is 6.23. The molecule has 1 fully saturated rings. The number of sulfonamides is 1. The highest BCUT2D eigenvalue weighted by molar-refractivity contribution is 9.12. The fraction of sp³-hybridized carbons (Fsp3) is 0.250. The van der Waals surface area contributed by atoms with Crippen LogP contribution in [0.2, 0.25) is 0 Å². The number of halogens is 1. The molecule has 142 valence electrons. The predicted octanol–water partition coefficient (Wildman–Crippen LogP) is 4.71. The molecule has 0 bridgehead atoms. The number of allylic oxidation sites excluding steroid dienone is 1. The van der Waals surface area contributed by atoms with Crippen LogP contribution in [0.15, 0.2) is 62.9 Å². The summed E-state index contributed by atoms with van der Waals surface area (Å²) < 4.78 is 27.8. The summed E-state index contributed by atoms with van der Waals surface area (Å²) in [6, 6.07) is 13.9. The molecule has 1 heterocycles. The van der Waals surface area contributed by atoms with Gasteiger partial charge in [-0.25, -0.2) is 8.42 Å². The van der Waals surface area contributed by atoms with Crippen molar-refractivity contribution in [2.24, 2.45) is 4.99 Å². The molecule has 0 radical (unpaired) electrons. The Labute approximate surface area is 168 Å². The van der Waals surface area contributed by atoms with Crippen molar-refractivity contribution in [1.29, 1.82) is 0 Å². The number of piperidine rings is 1. The third kappa shape index (κ3) is 5.06. The van der Waals surface area contributed by atoms with Gasteiger partial charge in [-0.15, -0.1) is 0 Å². The summed E-state index contributed by atoms with van der Waals surface area (Å²) in [7, 11) is -3.57. The van der Waals surface area contributed by atoms with Crippen LogP contribution in [0.4, 0.5) is 5.69 Å². The number of phenols is 1. The summed E-state index contributed by atoms with van der Waals surface area (Å²) in [5, 5.41) is 10.1. The van der Waals surface area contributed by atoms with Crippen molar-refractivity contribution >= 4 is 43.9 Å². The zero-order chi connectivity index (χ0) is 19.3. The minimum atomic E-state index is -3.57. The van der Waals surface area contributed by atoms with E-state index in [1.807, 2.05) is 36.4 Å². The first kappa shape index (κ1) is 19.8. The lowest BCUT2D eigenvalue weighted by molar-refractivity contribution is 0.346. The second kappa shape index (κ2) is 8.82. The topological polar surface area (TPSA) is 70.0 Å². The van der Waals surface area contributed by atoms with Crippen molar-refractivity contribution in [3.8, 4) is 5.75 Å². The Morgan fingerprint density at radius 1 is 1.07 bits per heavy atom. The second-order valence-corrected chi connectivity index (χ2v) is 9.17. The molecule has 1 N–H and O–H groups in total. The number of nitrogens with zero attached hydrogens (tertiary/aromatic N) is 2. The number of hydrogen-bond acceptors (Lipinski definition) is 4. The van der Waals surface area contributed by atoms with Gasteiger partial charge in [0.2, 0.25) is 10.0 Å². The molecule has 0 saturated carbocycles. The van der Waals surface area contributed by atoms with Gasteiger partial charge in [0.25, 0.3) is 0 Å².